The van der Waals surface area contributed by atoms with Crippen molar-refractivity contribution in [3.8, 4) is 0 Å². The van der Waals surface area contributed by atoms with E-state index in [1.807, 2.05) is 0 Å². The molecule has 0 spiro atoms. The van der Waals surface area contributed by atoms with Gasteiger partial charge in [0, 0.05) is 6.04 Å². The molecule has 0 saturated heterocycles. The van der Waals surface area contributed by atoms with Gasteiger partial charge in [-0.15, -0.1) is 0 Å². The van der Waals surface area contributed by atoms with E-state index >= 15 is 0 Å². The highest BCUT2D eigenvalue weighted by molar-refractivity contribution is 6.29. The van der Waals surface area contributed by atoms with Gasteiger partial charge < -0.3 is 4.90 Å². The second kappa shape index (κ2) is 6.88. The van der Waals surface area contributed by atoms with E-state index in [-0.39, 0.29) is 10.8 Å². The first-order valence-corrected chi connectivity index (χ1v) is 6.51. The molecule has 1 aromatic heterocycles. The van der Waals surface area contributed by atoms with Crippen molar-refractivity contribution in [2.24, 2.45) is 0 Å². The summed E-state index contributed by atoms with van der Waals surface area (Å²) in [7, 11) is 0. The molecule has 0 atom stereocenters. The van der Waals surface area contributed by atoms with Crippen molar-refractivity contribution in [1.29, 1.82) is 0 Å². The lowest BCUT2D eigenvalue weighted by molar-refractivity contribution is -0.145. The predicted octanol–water partition coefficient (Wildman–Crippen LogP) is 3.32. The third kappa shape index (κ3) is 4.63. The van der Waals surface area contributed by atoms with Crippen molar-refractivity contribution in [3.63, 3.8) is 0 Å². The molecule has 0 aliphatic carbocycles. The molecule has 112 valence electrons. The average Bonchev–Trinajstić information content (AvgIpc) is 2.36. The van der Waals surface area contributed by atoms with Crippen molar-refractivity contribution in [3.05, 3.63) is 23.2 Å². The molecule has 0 aliphatic rings. The Hall–Kier alpha value is -1.37. The molecule has 4 nitrogen and oxygen atoms in total. The monoisotopic (exact) mass is 309 g/mol. The maximum absolute atomic E-state index is 12.6. The highest BCUT2D eigenvalue weighted by Crippen LogP contribution is 2.22. The topological polar surface area (TPSA) is 46.1 Å². The number of hydrogen-bond acceptors (Lipinski definition) is 3. The van der Waals surface area contributed by atoms with Gasteiger partial charge in [0.05, 0.1) is 12.4 Å². The summed E-state index contributed by atoms with van der Waals surface area (Å²) in [6.45, 7) is 2.15. The first-order valence-electron chi connectivity index (χ1n) is 6.13. The van der Waals surface area contributed by atoms with Crippen LogP contribution in [-0.4, -0.2) is 39.5 Å². The van der Waals surface area contributed by atoms with E-state index in [2.05, 4.69) is 9.97 Å². The summed E-state index contributed by atoms with van der Waals surface area (Å²) < 4.78 is 37.9. The van der Waals surface area contributed by atoms with E-state index in [1.54, 1.807) is 13.8 Å². The largest absolute Gasteiger partial charge is 0.406 e. The lowest BCUT2D eigenvalue weighted by atomic mass is 10.1. The molecular weight excluding hydrogens is 295 g/mol. The molecule has 0 bridgehead atoms. The van der Waals surface area contributed by atoms with Gasteiger partial charge in [0.15, 0.2) is 0 Å². The Bertz CT molecular complexity index is 464. The maximum atomic E-state index is 12.6. The molecule has 1 heterocycles. The summed E-state index contributed by atoms with van der Waals surface area (Å²) in [6.07, 6.45) is -1.30. The van der Waals surface area contributed by atoms with E-state index in [9.17, 15) is 18.0 Å². The van der Waals surface area contributed by atoms with Crippen molar-refractivity contribution < 1.29 is 18.0 Å². The lowest BCUT2D eigenvalue weighted by Gasteiger charge is -2.30. The molecule has 20 heavy (non-hydrogen) atoms. The zero-order valence-electron chi connectivity index (χ0n) is 11.1. The zero-order chi connectivity index (χ0) is 15.3. The third-order valence-electron chi connectivity index (χ3n) is 2.82. The summed E-state index contributed by atoms with van der Waals surface area (Å²) in [4.78, 5) is 20.4. The van der Waals surface area contributed by atoms with Crippen molar-refractivity contribution in [2.45, 2.75) is 38.9 Å². The molecule has 1 amide bonds. The normalized spacial score (nSPS) is 11.8. The number of aromatic nitrogens is 2. The van der Waals surface area contributed by atoms with Crippen molar-refractivity contribution >= 4 is 17.5 Å². The number of carbonyl (C=O) groups excluding carboxylic acids is 1. The Morgan fingerprint density at radius 2 is 1.95 bits per heavy atom. The minimum absolute atomic E-state index is 0.0349. The van der Waals surface area contributed by atoms with E-state index in [1.165, 1.54) is 6.20 Å². The molecular formula is C12H15ClF3N3O. The number of carbonyl (C=O) groups is 1. The van der Waals surface area contributed by atoms with Gasteiger partial charge in [0.2, 0.25) is 0 Å². The zero-order valence-corrected chi connectivity index (χ0v) is 11.9. The Morgan fingerprint density at radius 3 is 2.40 bits per heavy atom. The number of amides is 1. The van der Waals surface area contributed by atoms with Crippen LogP contribution in [0, 0.1) is 0 Å². The fourth-order valence-electron chi connectivity index (χ4n) is 1.88. The van der Waals surface area contributed by atoms with Gasteiger partial charge in [-0.05, 0) is 12.8 Å². The van der Waals surface area contributed by atoms with Gasteiger partial charge >= 0.3 is 6.18 Å². The highest BCUT2D eigenvalue weighted by atomic mass is 35.5. The predicted molar refractivity (Wildman–Crippen MR) is 68.5 cm³/mol. The van der Waals surface area contributed by atoms with Gasteiger partial charge in [-0.25, -0.2) is 4.98 Å². The molecule has 0 fully saturated rings. The van der Waals surface area contributed by atoms with Crippen LogP contribution in [0.2, 0.25) is 5.15 Å². The van der Waals surface area contributed by atoms with E-state index in [0.29, 0.717) is 12.8 Å². The molecule has 0 aromatic carbocycles. The Morgan fingerprint density at radius 1 is 1.35 bits per heavy atom. The van der Waals surface area contributed by atoms with Crippen LogP contribution in [-0.2, 0) is 0 Å². The molecule has 0 unspecified atom stereocenters. The quantitative estimate of drug-likeness (QED) is 0.838. The van der Waals surface area contributed by atoms with E-state index < -0.39 is 24.7 Å². The highest BCUT2D eigenvalue weighted by Gasteiger charge is 2.36. The Balaban J connectivity index is 3.06. The van der Waals surface area contributed by atoms with Gasteiger partial charge in [-0.2, -0.15) is 13.2 Å². The van der Waals surface area contributed by atoms with Gasteiger partial charge in [0.1, 0.15) is 17.4 Å². The number of alkyl halides is 3. The molecule has 8 heteroatoms. The van der Waals surface area contributed by atoms with Crippen LogP contribution >= 0.6 is 11.6 Å². The first kappa shape index (κ1) is 16.7. The molecule has 0 N–H and O–H groups in total. The number of nitrogens with zero attached hydrogens (tertiary/aromatic N) is 3. The number of hydrogen-bond donors (Lipinski definition) is 0. The van der Waals surface area contributed by atoms with E-state index in [0.717, 1.165) is 11.1 Å². The van der Waals surface area contributed by atoms with Crippen LogP contribution in [0.15, 0.2) is 12.4 Å². The molecule has 0 radical (unpaired) electrons. The minimum Gasteiger partial charge on any atom is -0.325 e. The van der Waals surface area contributed by atoms with Crippen molar-refractivity contribution in [1.82, 2.24) is 14.9 Å². The second-order valence-electron chi connectivity index (χ2n) is 4.25. The summed E-state index contributed by atoms with van der Waals surface area (Å²) >= 11 is 5.61. The summed E-state index contributed by atoms with van der Waals surface area (Å²) in [5.41, 5.74) is -0.186. The second-order valence-corrected chi connectivity index (χ2v) is 4.63. The summed E-state index contributed by atoms with van der Waals surface area (Å²) in [5, 5.41) is -0.0349. The summed E-state index contributed by atoms with van der Waals surface area (Å²) in [5.74, 6) is -0.814. The van der Waals surface area contributed by atoms with Crippen LogP contribution in [0.3, 0.4) is 0 Å². The number of rotatable bonds is 5. The average molecular weight is 310 g/mol. The van der Waals surface area contributed by atoms with Gasteiger partial charge in [-0.3, -0.25) is 9.78 Å². The molecule has 0 aliphatic heterocycles. The van der Waals surface area contributed by atoms with Gasteiger partial charge in [-0.1, -0.05) is 25.4 Å². The maximum Gasteiger partial charge on any atom is 0.406 e. The van der Waals surface area contributed by atoms with Crippen LogP contribution in [0.4, 0.5) is 13.2 Å². The van der Waals surface area contributed by atoms with Crippen LogP contribution < -0.4 is 0 Å². The molecule has 1 rings (SSSR count). The molecule has 1 aromatic rings. The van der Waals surface area contributed by atoms with Crippen LogP contribution in [0.5, 0.6) is 0 Å². The van der Waals surface area contributed by atoms with Crippen LogP contribution in [0.1, 0.15) is 37.2 Å². The Labute approximate surface area is 120 Å². The third-order valence-corrected chi connectivity index (χ3v) is 3.00. The first-order chi connectivity index (χ1) is 9.28. The smallest absolute Gasteiger partial charge is 0.325 e. The summed E-state index contributed by atoms with van der Waals surface area (Å²) in [6, 6.07) is -0.509. The molecule has 0 saturated carbocycles. The SMILES string of the molecule is CCC(CC)N(CC(F)(F)F)C(=O)c1cncc(Cl)n1. The van der Waals surface area contributed by atoms with Gasteiger partial charge in [0.25, 0.3) is 5.91 Å². The fraction of sp³-hybridized carbons (Fsp3) is 0.583. The van der Waals surface area contributed by atoms with Crippen molar-refractivity contribution in [2.75, 3.05) is 6.54 Å². The van der Waals surface area contributed by atoms with E-state index in [4.69, 9.17) is 11.6 Å². The standard InChI is InChI=1S/C12H15ClF3N3O/c1-3-8(4-2)19(7-12(14,15)16)11(20)9-5-17-6-10(13)18-9/h5-6,8H,3-4,7H2,1-2H3. The number of halogens is 4. The Kier molecular flexibility index (Phi) is 5.74. The fourth-order valence-corrected chi connectivity index (χ4v) is 2.03. The lowest BCUT2D eigenvalue weighted by Crippen LogP contribution is -2.45. The minimum atomic E-state index is -4.47. The van der Waals surface area contributed by atoms with Crippen LogP contribution in [0.25, 0.3) is 0 Å².